The number of halogens is 3. The molecule has 2 saturated heterocycles. The highest BCUT2D eigenvalue weighted by Gasteiger charge is 2.42. The third kappa shape index (κ3) is 4.10. The van der Waals surface area contributed by atoms with Gasteiger partial charge in [0.25, 0.3) is 0 Å². The number of likely N-dealkylation sites (tertiary alicyclic amines) is 1. The molecule has 0 aromatic rings. The zero-order valence-corrected chi connectivity index (χ0v) is 12.6. The minimum Gasteiger partial charge on any atom is -0.316 e. The van der Waals surface area contributed by atoms with E-state index in [1.165, 1.54) is 12.8 Å². The van der Waals surface area contributed by atoms with Crippen LogP contribution in [0.15, 0.2) is 0 Å². The lowest BCUT2D eigenvalue weighted by Crippen LogP contribution is -2.47. The fraction of sp³-hybridized carbons (Fsp3) is 1.00. The molecule has 0 bridgehead atoms. The number of nitrogens with zero attached hydrogens (tertiary/aromatic N) is 1. The molecule has 1 unspecified atom stereocenters. The SMILES string of the molecule is CC(C)(CN1CCC(C(F)(F)F)CC1)C1CCCNC1. The van der Waals surface area contributed by atoms with Crippen molar-refractivity contribution in [1.82, 2.24) is 10.2 Å². The Bertz CT molecular complexity index is 301. The van der Waals surface area contributed by atoms with Crippen LogP contribution in [0.2, 0.25) is 0 Å². The highest BCUT2D eigenvalue weighted by atomic mass is 19.4. The van der Waals surface area contributed by atoms with Crippen LogP contribution in [0.3, 0.4) is 0 Å². The van der Waals surface area contributed by atoms with Gasteiger partial charge in [-0.2, -0.15) is 13.2 Å². The van der Waals surface area contributed by atoms with Crippen LogP contribution >= 0.6 is 0 Å². The maximum absolute atomic E-state index is 12.7. The van der Waals surface area contributed by atoms with Crippen LogP contribution in [-0.2, 0) is 0 Å². The first-order chi connectivity index (χ1) is 9.29. The topological polar surface area (TPSA) is 15.3 Å². The lowest BCUT2D eigenvalue weighted by Gasteiger charge is -2.43. The van der Waals surface area contributed by atoms with Gasteiger partial charge in [0.05, 0.1) is 5.92 Å². The van der Waals surface area contributed by atoms with Gasteiger partial charge < -0.3 is 10.2 Å². The summed E-state index contributed by atoms with van der Waals surface area (Å²) in [6.45, 7) is 8.78. The molecule has 0 aromatic heterocycles. The maximum Gasteiger partial charge on any atom is 0.391 e. The van der Waals surface area contributed by atoms with E-state index in [1.807, 2.05) is 0 Å². The van der Waals surface area contributed by atoms with Crippen molar-refractivity contribution in [2.45, 2.75) is 45.7 Å². The van der Waals surface area contributed by atoms with Gasteiger partial charge in [0, 0.05) is 6.54 Å². The zero-order chi connectivity index (χ0) is 14.8. The smallest absolute Gasteiger partial charge is 0.316 e. The lowest BCUT2D eigenvalue weighted by atomic mass is 9.74. The Morgan fingerprint density at radius 3 is 2.20 bits per heavy atom. The molecule has 2 aliphatic rings. The third-order valence-electron chi connectivity index (χ3n) is 5.08. The lowest BCUT2D eigenvalue weighted by molar-refractivity contribution is -0.185. The van der Waals surface area contributed by atoms with Crippen molar-refractivity contribution in [2.75, 3.05) is 32.7 Å². The molecule has 20 heavy (non-hydrogen) atoms. The van der Waals surface area contributed by atoms with Crippen LogP contribution in [0.4, 0.5) is 13.2 Å². The fourth-order valence-electron chi connectivity index (χ4n) is 3.64. The quantitative estimate of drug-likeness (QED) is 0.858. The van der Waals surface area contributed by atoms with Gasteiger partial charge in [0.15, 0.2) is 0 Å². The summed E-state index contributed by atoms with van der Waals surface area (Å²) in [5.41, 5.74) is 0.179. The van der Waals surface area contributed by atoms with Crippen LogP contribution < -0.4 is 5.32 Å². The molecule has 0 saturated carbocycles. The summed E-state index contributed by atoms with van der Waals surface area (Å²) in [7, 11) is 0. The summed E-state index contributed by atoms with van der Waals surface area (Å²) in [4.78, 5) is 2.23. The molecule has 5 heteroatoms. The van der Waals surface area contributed by atoms with Gasteiger partial charge in [-0.15, -0.1) is 0 Å². The number of rotatable bonds is 3. The van der Waals surface area contributed by atoms with Crippen molar-refractivity contribution in [3.63, 3.8) is 0 Å². The van der Waals surface area contributed by atoms with Gasteiger partial charge in [0.1, 0.15) is 0 Å². The Morgan fingerprint density at radius 1 is 1.05 bits per heavy atom. The van der Waals surface area contributed by atoms with Crippen molar-refractivity contribution < 1.29 is 13.2 Å². The van der Waals surface area contributed by atoms with Crippen molar-refractivity contribution in [3.8, 4) is 0 Å². The third-order valence-corrected chi connectivity index (χ3v) is 5.08. The Kier molecular flexibility index (Phi) is 5.00. The summed E-state index contributed by atoms with van der Waals surface area (Å²) in [5, 5.41) is 3.44. The molecule has 2 aliphatic heterocycles. The van der Waals surface area contributed by atoms with E-state index in [1.54, 1.807) is 0 Å². The predicted molar refractivity (Wildman–Crippen MR) is 74.6 cm³/mol. The number of hydrogen-bond donors (Lipinski definition) is 1. The molecule has 2 nitrogen and oxygen atoms in total. The van der Waals surface area contributed by atoms with E-state index in [4.69, 9.17) is 0 Å². The number of hydrogen-bond acceptors (Lipinski definition) is 2. The van der Waals surface area contributed by atoms with Gasteiger partial charge in [-0.3, -0.25) is 0 Å². The molecule has 0 spiro atoms. The number of piperidine rings is 2. The van der Waals surface area contributed by atoms with Crippen LogP contribution in [0, 0.1) is 17.3 Å². The second kappa shape index (κ2) is 6.22. The predicted octanol–water partition coefficient (Wildman–Crippen LogP) is 3.29. The first kappa shape index (κ1) is 16.1. The molecule has 2 heterocycles. The molecule has 2 rings (SSSR count). The second-order valence-electron chi connectivity index (χ2n) is 7.12. The summed E-state index contributed by atoms with van der Waals surface area (Å²) >= 11 is 0. The molecular formula is C15H27F3N2. The summed E-state index contributed by atoms with van der Waals surface area (Å²) in [6, 6.07) is 0. The minimum absolute atomic E-state index is 0.179. The van der Waals surface area contributed by atoms with E-state index in [0.717, 1.165) is 19.6 Å². The summed E-state index contributed by atoms with van der Waals surface area (Å²) in [6.07, 6.45) is -1.02. The van der Waals surface area contributed by atoms with Crippen molar-refractivity contribution in [1.29, 1.82) is 0 Å². The highest BCUT2D eigenvalue weighted by molar-refractivity contribution is 4.87. The Labute approximate surface area is 120 Å². The molecule has 1 N–H and O–H groups in total. The van der Waals surface area contributed by atoms with Gasteiger partial charge >= 0.3 is 6.18 Å². The van der Waals surface area contributed by atoms with Gasteiger partial charge in [-0.25, -0.2) is 0 Å². The molecule has 2 fully saturated rings. The minimum atomic E-state index is -4.01. The van der Waals surface area contributed by atoms with Crippen LogP contribution in [0.25, 0.3) is 0 Å². The maximum atomic E-state index is 12.7. The molecule has 0 aromatic carbocycles. The monoisotopic (exact) mass is 292 g/mol. The Morgan fingerprint density at radius 2 is 1.70 bits per heavy atom. The first-order valence-corrected chi connectivity index (χ1v) is 7.79. The van der Waals surface area contributed by atoms with E-state index < -0.39 is 12.1 Å². The summed E-state index contributed by atoms with van der Waals surface area (Å²) in [5.74, 6) is -0.449. The molecule has 0 aliphatic carbocycles. The Hall–Kier alpha value is -0.290. The highest BCUT2D eigenvalue weighted by Crippen LogP contribution is 2.37. The van der Waals surface area contributed by atoms with Crippen LogP contribution in [0.1, 0.15) is 39.5 Å². The van der Waals surface area contributed by atoms with Crippen molar-refractivity contribution in [2.24, 2.45) is 17.3 Å². The normalized spacial score (nSPS) is 27.8. The summed E-state index contributed by atoms with van der Waals surface area (Å²) < 4.78 is 38.0. The Balaban J connectivity index is 1.82. The van der Waals surface area contributed by atoms with Gasteiger partial charge in [-0.05, 0) is 63.2 Å². The average molecular weight is 292 g/mol. The molecule has 0 radical (unpaired) electrons. The van der Waals surface area contributed by atoms with E-state index in [2.05, 4.69) is 24.1 Å². The van der Waals surface area contributed by atoms with E-state index in [-0.39, 0.29) is 18.3 Å². The van der Waals surface area contributed by atoms with Crippen LogP contribution in [0.5, 0.6) is 0 Å². The molecule has 1 atom stereocenters. The van der Waals surface area contributed by atoms with Crippen molar-refractivity contribution >= 4 is 0 Å². The van der Waals surface area contributed by atoms with E-state index in [9.17, 15) is 13.2 Å². The van der Waals surface area contributed by atoms with Gasteiger partial charge in [0.2, 0.25) is 0 Å². The van der Waals surface area contributed by atoms with E-state index >= 15 is 0 Å². The largest absolute Gasteiger partial charge is 0.391 e. The number of nitrogens with one attached hydrogen (secondary N) is 1. The van der Waals surface area contributed by atoms with Gasteiger partial charge in [-0.1, -0.05) is 13.8 Å². The first-order valence-electron chi connectivity index (χ1n) is 7.79. The van der Waals surface area contributed by atoms with E-state index in [0.29, 0.717) is 19.0 Å². The second-order valence-corrected chi connectivity index (χ2v) is 7.12. The molecule has 118 valence electrons. The molecule has 0 amide bonds. The average Bonchev–Trinajstić information content (AvgIpc) is 2.39. The molecular weight excluding hydrogens is 265 g/mol. The van der Waals surface area contributed by atoms with Crippen molar-refractivity contribution in [3.05, 3.63) is 0 Å². The standard InChI is InChI=1S/C15H27F3N2/c1-14(2,13-4-3-7-19-10-13)11-20-8-5-12(6-9-20)15(16,17)18/h12-13,19H,3-11H2,1-2H3. The van der Waals surface area contributed by atoms with Crippen LogP contribution in [-0.4, -0.2) is 43.8 Å². The zero-order valence-electron chi connectivity index (χ0n) is 12.6. The fourth-order valence-corrected chi connectivity index (χ4v) is 3.64. The number of alkyl halides is 3.